The van der Waals surface area contributed by atoms with Crippen LogP contribution in [0.5, 0.6) is 0 Å². The average Bonchev–Trinajstić information content (AvgIpc) is 3.36. The van der Waals surface area contributed by atoms with E-state index in [1.807, 2.05) is 0 Å². The molecule has 11 heteroatoms. The minimum atomic E-state index is -4.84. The normalized spacial score (nSPS) is 14.5. The molecule has 35 heavy (non-hydrogen) atoms. The molecule has 4 N–H and O–H groups in total. The second kappa shape index (κ2) is 8.09. The molecule has 4 aromatic rings. The highest BCUT2D eigenvalue weighted by Gasteiger charge is 2.37. The Labute approximate surface area is 199 Å². The van der Waals surface area contributed by atoms with Crippen molar-refractivity contribution >= 4 is 28.9 Å². The van der Waals surface area contributed by atoms with Crippen molar-refractivity contribution in [3.8, 4) is 11.3 Å². The summed E-state index contributed by atoms with van der Waals surface area (Å²) in [5.74, 6) is -3.44. The maximum Gasteiger partial charge on any atom is 0.416 e. The van der Waals surface area contributed by atoms with Crippen LogP contribution in [-0.4, -0.2) is 15.9 Å². The van der Waals surface area contributed by atoms with Crippen LogP contribution in [0.2, 0.25) is 5.02 Å². The molecule has 3 aromatic carbocycles. The van der Waals surface area contributed by atoms with Gasteiger partial charge in [-0.15, -0.1) is 0 Å². The molecular weight excluding hydrogens is 491 g/mol. The number of alkyl halides is 3. The molecular formula is C24H14ClF5N4O. The van der Waals surface area contributed by atoms with Crippen molar-refractivity contribution < 1.29 is 26.7 Å². The van der Waals surface area contributed by atoms with Crippen molar-refractivity contribution in [1.29, 1.82) is 0 Å². The van der Waals surface area contributed by atoms with Crippen molar-refractivity contribution in [3.63, 3.8) is 0 Å². The Morgan fingerprint density at radius 2 is 1.83 bits per heavy atom. The van der Waals surface area contributed by atoms with Crippen LogP contribution in [0.4, 0.5) is 33.3 Å². The Kier molecular flexibility index (Phi) is 5.28. The van der Waals surface area contributed by atoms with Gasteiger partial charge < -0.3 is 16.0 Å². The lowest BCUT2D eigenvalue weighted by Crippen LogP contribution is -2.17. The van der Waals surface area contributed by atoms with Crippen molar-refractivity contribution in [3.05, 3.63) is 99.5 Å². The molecule has 0 saturated carbocycles. The number of imidazole rings is 1. The van der Waals surface area contributed by atoms with Gasteiger partial charge in [0.25, 0.3) is 5.91 Å². The van der Waals surface area contributed by atoms with E-state index in [-0.39, 0.29) is 16.4 Å². The van der Waals surface area contributed by atoms with Crippen LogP contribution < -0.4 is 11.1 Å². The Hall–Kier alpha value is -3.92. The molecule has 1 amide bonds. The van der Waals surface area contributed by atoms with Crippen LogP contribution in [-0.2, 0) is 6.18 Å². The van der Waals surface area contributed by atoms with Crippen molar-refractivity contribution in [1.82, 2.24) is 9.97 Å². The first-order valence-corrected chi connectivity index (χ1v) is 10.5. The molecule has 5 rings (SSSR count). The number of nitrogens with two attached hydrogens (primary N) is 1. The summed E-state index contributed by atoms with van der Waals surface area (Å²) in [4.78, 5) is 20.2. The third-order valence-electron chi connectivity index (χ3n) is 5.71. The molecule has 5 nitrogen and oxygen atoms in total. The molecule has 0 saturated heterocycles. The van der Waals surface area contributed by atoms with E-state index in [0.717, 1.165) is 0 Å². The van der Waals surface area contributed by atoms with Crippen molar-refractivity contribution in [2.75, 3.05) is 11.1 Å². The average molecular weight is 505 g/mol. The van der Waals surface area contributed by atoms with E-state index in [2.05, 4.69) is 15.3 Å². The van der Waals surface area contributed by atoms with Gasteiger partial charge in [0.15, 0.2) is 0 Å². The minimum Gasteiger partial charge on any atom is -0.399 e. The van der Waals surface area contributed by atoms with Crippen LogP contribution >= 0.6 is 11.6 Å². The lowest BCUT2D eigenvalue weighted by molar-refractivity contribution is -0.137. The zero-order chi connectivity index (χ0) is 25.1. The maximum absolute atomic E-state index is 14.1. The number of nitrogen functional groups attached to an aromatic ring is 1. The number of H-pyrrole nitrogens is 1. The van der Waals surface area contributed by atoms with E-state index >= 15 is 0 Å². The van der Waals surface area contributed by atoms with Gasteiger partial charge in [0.2, 0.25) is 0 Å². The predicted molar refractivity (Wildman–Crippen MR) is 120 cm³/mol. The number of hydrogen-bond acceptors (Lipinski definition) is 3. The topological polar surface area (TPSA) is 83.8 Å². The number of carbonyl (C=O) groups excluding carboxylic acids is 1. The largest absolute Gasteiger partial charge is 0.416 e. The summed E-state index contributed by atoms with van der Waals surface area (Å²) >= 11 is 6.38. The number of benzene rings is 3. The second-order valence-corrected chi connectivity index (χ2v) is 8.38. The molecule has 0 aliphatic heterocycles. The van der Waals surface area contributed by atoms with E-state index in [4.69, 9.17) is 17.3 Å². The Bertz CT molecular complexity index is 1500. The maximum atomic E-state index is 14.1. The fourth-order valence-corrected chi connectivity index (χ4v) is 4.52. The highest BCUT2D eigenvalue weighted by molar-refractivity contribution is 6.31. The zero-order valence-electron chi connectivity index (χ0n) is 17.5. The third-order valence-corrected chi connectivity index (χ3v) is 6.05. The van der Waals surface area contributed by atoms with Crippen LogP contribution in [0, 0.1) is 11.6 Å². The van der Waals surface area contributed by atoms with Gasteiger partial charge >= 0.3 is 6.18 Å². The smallest absolute Gasteiger partial charge is 0.399 e. The SMILES string of the molecule is Nc1cc(NC(=O)c2cc(F)cc(C(F)(F)F)c2)c2c(c1)-c1nc[nH]c1C2c1cc(F)ccc1Cl. The molecule has 1 aliphatic rings. The number of amides is 1. The number of aromatic nitrogens is 2. The molecule has 0 spiro atoms. The Morgan fingerprint density at radius 1 is 1.06 bits per heavy atom. The summed E-state index contributed by atoms with van der Waals surface area (Å²) in [5.41, 5.74) is 6.99. The first kappa shape index (κ1) is 22.9. The molecule has 1 unspecified atom stereocenters. The number of carbonyl (C=O) groups is 1. The van der Waals surface area contributed by atoms with Crippen molar-refractivity contribution in [2.24, 2.45) is 0 Å². The van der Waals surface area contributed by atoms with Gasteiger partial charge in [0.05, 0.1) is 29.2 Å². The van der Waals surface area contributed by atoms with E-state index in [1.54, 1.807) is 6.07 Å². The number of nitrogens with zero attached hydrogens (tertiary/aromatic N) is 1. The predicted octanol–water partition coefficient (Wildman–Crippen LogP) is 6.36. The quantitative estimate of drug-likeness (QED) is 0.198. The van der Waals surface area contributed by atoms with E-state index in [1.165, 1.54) is 30.6 Å². The standard InChI is InChI=1S/C24H14ClF5N4O/c25-17-2-1-12(26)6-15(17)20-19-16(21-22(20)33-9-32-21)7-14(31)8-18(19)34-23(35)10-3-11(24(28,29)30)5-13(27)4-10/h1-9,20H,31H2,(H,32,33)(H,34,35). The lowest BCUT2D eigenvalue weighted by Gasteiger charge is -2.20. The van der Waals surface area contributed by atoms with Gasteiger partial charge in [0.1, 0.15) is 11.6 Å². The van der Waals surface area contributed by atoms with Crippen LogP contribution in [0.15, 0.2) is 54.9 Å². The van der Waals surface area contributed by atoms with E-state index in [9.17, 15) is 26.7 Å². The summed E-state index contributed by atoms with van der Waals surface area (Å²) in [5, 5.41) is 2.78. The summed E-state index contributed by atoms with van der Waals surface area (Å²) in [7, 11) is 0. The first-order chi connectivity index (χ1) is 16.5. The van der Waals surface area contributed by atoms with Crippen LogP contribution in [0.25, 0.3) is 11.3 Å². The lowest BCUT2D eigenvalue weighted by atomic mass is 9.90. The monoisotopic (exact) mass is 504 g/mol. The van der Waals surface area contributed by atoms with E-state index < -0.39 is 40.8 Å². The first-order valence-electron chi connectivity index (χ1n) is 10.1. The Balaban J connectivity index is 1.64. The van der Waals surface area contributed by atoms with Gasteiger partial charge in [-0.1, -0.05) is 11.6 Å². The van der Waals surface area contributed by atoms with Gasteiger partial charge in [-0.2, -0.15) is 13.2 Å². The highest BCUT2D eigenvalue weighted by atomic mass is 35.5. The number of aromatic amines is 1. The zero-order valence-corrected chi connectivity index (χ0v) is 18.2. The number of rotatable bonds is 3. The number of nitrogens with one attached hydrogen (secondary N) is 2. The molecule has 1 aliphatic carbocycles. The van der Waals surface area contributed by atoms with Gasteiger partial charge in [-0.3, -0.25) is 4.79 Å². The summed E-state index contributed by atoms with van der Waals surface area (Å²) in [6, 6.07) is 8.41. The molecule has 1 heterocycles. The number of hydrogen-bond donors (Lipinski definition) is 3. The van der Waals surface area contributed by atoms with Crippen LogP contribution in [0.1, 0.15) is 38.7 Å². The van der Waals surface area contributed by atoms with Gasteiger partial charge in [0, 0.05) is 27.5 Å². The van der Waals surface area contributed by atoms with Crippen molar-refractivity contribution in [2.45, 2.75) is 12.1 Å². The molecule has 1 aromatic heterocycles. The number of halogens is 6. The second-order valence-electron chi connectivity index (χ2n) is 7.97. The molecule has 0 radical (unpaired) electrons. The van der Waals surface area contributed by atoms with Gasteiger partial charge in [-0.05, 0) is 59.7 Å². The summed E-state index contributed by atoms with van der Waals surface area (Å²) in [6.07, 6.45) is -3.40. The third kappa shape index (κ3) is 3.99. The van der Waals surface area contributed by atoms with Gasteiger partial charge in [-0.25, -0.2) is 13.8 Å². The number of fused-ring (bicyclic) bond motifs is 3. The summed E-state index contributed by atoms with van der Waals surface area (Å²) in [6.45, 7) is 0. The fourth-order valence-electron chi connectivity index (χ4n) is 4.29. The Morgan fingerprint density at radius 3 is 2.57 bits per heavy atom. The van der Waals surface area contributed by atoms with E-state index in [0.29, 0.717) is 46.3 Å². The number of anilines is 2. The molecule has 0 fully saturated rings. The summed E-state index contributed by atoms with van der Waals surface area (Å²) < 4.78 is 67.4. The fraction of sp³-hybridized carbons (Fsp3) is 0.0833. The minimum absolute atomic E-state index is 0.138. The molecule has 178 valence electrons. The highest BCUT2D eigenvalue weighted by Crippen LogP contribution is 2.51. The molecule has 0 bridgehead atoms. The van der Waals surface area contributed by atoms with Crippen LogP contribution in [0.3, 0.4) is 0 Å². The molecule has 1 atom stereocenters.